The smallest absolute Gasteiger partial charge is 0.242 e. The molecule has 2 aromatic rings. The maximum absolute atomic E-state index is 12.7. The summed E-state index contributed by atoms with van der Waals surface area (Å²) in [6.07, 6.45) is 1.72. The second kappa shape index (κ2) is 12.5. The number of aromatic nitrogens is 1. The number of nitrogens with zero attached hydrogens (tertiary/aromatic N) is 1. The van der Waals surface area contributed by atoms with E-state index >= 15 is 0 Å². The number of anilines is 1. The van der Waals surface area contributed by atoms with Gasteiger partial charge in [0.1, 0.15) is 11.9 Å². The van der Waals surface area contributed by atoms with Gasteiger partial charge in [-0.3, -0.25) is 9.59 Å². The van der Waals surface area contributed by atoms with Crippen LogP contribution in [0.1, 0.15) is 42.5 Å². The van der Waals surface area contributed by atoms with Crippen molar-refractivity contribution in [3.8, 4) is 0 Å². The molecule has 1 aliphatic rings. The van der Waals surface area contributed by atoms with Gasteiger partial charge in [0, 0.05) is 12.2 Å². The predicted octanol–water partition coefficient (Wildman–Crippen LogP) is 2.47. The van der Waals surface area contributed by atoms with Crippen LogP contribution in [0.4, 0.5) is 5.82 Å². The number of piperidine rings is 1. The third-order valence-electron chi connectivity index (χ3n) is 5.41. The molecule has 3 atom stereocenters. The molecule has 0 aliphatic carbocycles. The summed E-state index contributed by atoms with van der Waals surface area (Å²) in [5.41, 5.74) is 8.58. The number of carbonyl (C=O) groups excluding carboxylic acids is 2. The lowest BCUT2D eigenvalue weighted by molar-refractivity contribution is -0.130. The van der Waals surface area contributed by atoms with Crippen molar-refractivity contribution in [1.29, 1.82) is 0 Å². The number of halogens is 2. The van der Waals surface area contributed by atoms with Crippen LogP contribution in [0.15, 0.2) is 42.5 Å². The van der Waals surface area contributed by atoms with Crippen LogP contribution in [0.5, 0.6) is 0 Å². The van der Waals surface area contributed by atoms with Gasteiger partial charge in [0.2, 0.25) is 11.8 Å². The number of rotatable bonds is 6. The van der Waals surface area contributed by atoms with E-state index in [1.807, 2.05) is 31.2 Å². The molecule has 5 N–H and O–H groups in total. The Bertz CT molecular complexity index is 866. The van der Waals surface area contributed by atoms with E-state index in [1.54, 1.807) is 13.0 Å². The Balaban J connectivity index is 0.00000240. The normalized spacial score (nSPS) is 18.6. The molecule has 1 aromatic carbocycles. The summed E-state index contributed by atoms with van der Waals surface area (Å²) < 4.78 is 0. The lowest BCUT2D eigenvalue weighted by Crippen LogP contribution is -2.53. The fourth-order valence-electron chi connectivity index (χ4n) is 3.66. The molecular weight excluding hydrogens is 437 g/mol. The minimum atomic E-state index is -0.622. The molecular formula is C22H31Cl2N5O2. The first-order valence-corrected chi connectivity index (χ1v) is 10.0. The third kappa shape index (κ3) is 7.38. The number of hydrogen-bond acceptors (Lipinski definition) is 5. The zero-order valence-corrected chi connectivity index (χ0v) is 19.4. The molecule has 1 saturated heterocycles. The van der Waals surface area contributed by atoms with Crippen molar-refractivity contribution in [2.24, 2.45) is 0 Å². The Morgan fingerprint density at radius 3 is 2.58 bits per heavy atom. The van der Waals surface area contributed by atoms with Gasteiger partial charge in [0.15, 0.2) is 0 Å². The van der Waals surface area contributed by atoms with Crippen molar-refractivity contribution in [2.45, 2.75) is 51.2 Å². The van der Waals surface area contributed by atoms with Crippen LogP contribution >= 0.6 is 24.8 Å². The van der Waals surface area contributed by atoms with Gasteiger partial charge < -0.3 is 21.7 Å². The number of pyridine rings is 1. The Labute approximate surface area is 195 Å². The average Bonchev–Trinajstić information content (AvgIpc) is 2.73. The van der Waals surface area contributed by atoms with Gasteiger partial charge >= 0.3 is 0 Å². The van der Waals surface area contributed by atoms with Crippen LogP contribution in [0.25, 0.3) is 0 Å². The minimum absolute atomic E-state index is 0. The molecule has 1 aromatic heterocycles. The van der Waals surface area contributed by atoms with Gasteiger partial charge in [-0.25, -0.2) is 4.98 Å². The minimum Gasteiger partial charge on any atom is -0.384 e. The Morgan fingerprint density at radius 1 is 1.19 bits per heavy atom. The van der Waals surface area contributed by atoms with Crippen molar-refractivity contribution < 1.29 is 9.59 Å². The summed E-state index contributed by atoms with van der Waals surface area (Å²) in [4.78, 5) is 29.3. The highest BCUT2D eigenvalue weighted by molar-refractivity contribution is 5.89. The number of nitrogen functional groups attached to an aromatic ring is 1. The van der Waals surface area contributed by atoms with E-state index in [0.717, 1.165) is 30.6 Å². The predicted molar refractivity (Wildman–Crippen MR) is 128 cm³/mol. The molecule has 31 heavy (non-hydrogen) atoms. The van der Waals surface area contributed by atoms with Gasteiger partial charge in [-0.2, -0.15) is 0 Å². The van der Waals surface area contributed by atoms with E-state index in [-0.39, 0.29) is 42.7 Å². The second-order valence-electron chi connectivity index (χ2n) is 7.57. The maximum atomic E-state index is 12.7. The van der Waals surface area contributed by atoms with Gasteiger partial charge in [-0.05, 0) is 56.3 Å². The molecule has 0 radical (unpaired) electrons. The highest BCUT2D eigenvalue weighted by Crippen LogP contribution is 2.27. The van der Waals surface area contributed by atoms with Crippen LogP contribution in [-0.2, 0) is 16.1 Å². The zero-order chi connectivity index (χ0) is 20.8. The van der Waals surface area contributed by atoms with Crippen LogP contribution in [0, 0.1) is 6.92 Å². The van der Waals surface area contributed by atoms with Gasteiger partial charge in [0.05, 0.1) is 6.04 Å². The van der Waals surface area contributed by atoms with Crippen molar-refractivity contribution in [1.82, 2.24) is 20.9 Å². The van der Waals surface area contributed by atoms with E-state index in [4.69, 9.17) is 5.73 Å². The molecule has 170 valence electrons. The average molecular weight is 468 g/mol. The highest BCUT2D eigenvalue weighted by Gasteiger charge is 2.29. The lowest BCUT2D eigenvalue weighted by Gasteiger charge is -2.30. The molecule has 0 spiro atoms. The summed E-state index contributed by atoms with van der Waals surface area (Å²) in [5, 5.41) is 8.95. The summed E-state index contributed by atoms with van der Waals surface area (Å²) in [6.45, 7) is 4.66. The number of nitrogens with one attached hydrogen (secondary N) is 3. The molecule has 0 unspecified atom stereocenters. The van der Waals surface area contributed by atoms with Crippen molar-refractivity contribution in [2.75, 3.05) is 12.3 Å². The maximum Gasteiger partial charge on any atom is 0.242 e. The fourth-order valence-corrected chi connectivity index (χ4v) is 3.66. The van der Waals surface area contributed by atoms with Gasteiger partial charge in [-0.1, -0.05) is 36.4 Å². The quantitative estimate of drug-likeness (QED) is 0.521. The van der Waals surface area contributed by atoms with E-state index in [1.165, 1.54) is 5.56 Å². The SMILES string of the molecule is Cc1nc(N)ccc1CNC(=O)[C@H](C)NC(=O)[C@H]1C[C@H](c2ccccc2)CCN1.Cl.Cl. The largest absolute Gasteiger partial charge is 0.384 e. The van der Waals surface area contributed by atoms with E-state index in [2.05, 4.69) is 33.1 Å². The molecule has 1 aliphatic heterocycles. The standard InChI is InChI=1S/C22H29N5O2.2ClH/c1-14-18(8-9-20(23)26-14)13-25-21(28)15(2)27-22(29)19-12-17(10-11-24-19)16-6-4-3-5-7-16;;/h3-9,15,17,19,24H,10-13H2,1-2H3,(H2,23,26)(H,25,28)(H,27,29);2*1H/t15-,17+,19+;;/m0../s1. The first-order chi connectivity index (χ1) is 13.9. The number of nitrogens with two attached hydrogens (primary N) is 1. The van der Waals surface area contributed by atoms with E-state index in [9.17, 15) is 9.59 Å². The van der Waals surface area contributed by atoms with Crippen LogP contribution < -0.4 is 21.7 Å². The van der Waals surface area contributed by atoms with Crippen LogP contribution in [0.2, 0.25) is 0 Å². The van der Waals surface area contributed by atoms with Gasteiger partial charge in [-0.15, -0.1) is 24.8 Å². The van der Waals surface area contributed by atoms with E-state index in [0.29, 0.717) is 18.3 Å². The van der Waals surface area contributed by atoms with E-state index < -0.39 is 6.04 Å². The zero-order valence-electron chi connectivity index (χ0n) is 17.8. The van der Waals surface area contributed by atoms with Crippen LogP contribution in [0.3, 0.4) is 0 Å². The Kier molecular flexibility index (Phi) is 10.8. The Hall–Kier alpha value is -2.35. The molecule has 2 amide bonds. The number of aryl methyl sites for hydroxylation is 1. The van der Waals surface area contributed by atoms with Crippen LogP contribution in [-0.4, -0.2) is 35.4 Å². The first-order valence-electron chi connectivity index (χ1n) is 10.0. The Morgan fingerprint density at radius 2 is 1.90 bits per heavy atom. The molecule has 2 heterocycles. The molecule has 1 fully saturated rings. The molecule has 9 heteroatoms. The van der Waals surface area contributed by atoms with Gasteiger partial charge in [0.25, 0.3) is 0 Å². The number of amides is 2. The molecule has 0 saturated carbocycles. The topological polar surface area (TPSA) is 109 Å². The number of benzene rings is 1. The summed E-state index contributed by atoms with van der Waals surface area (Å²) >= 11 is 0. The van der Waals surface area contributed by atoms with Crippen molar-refractivity contribution in [3.63, 3.8) is 0 Å². The number of carbonyl (C=O) groups is 2. The molecule has 7 nitrogen and oxygen atoms in total. The highest BCUT2D eigenvalue weighted by atomic mass is 35.5. The first kappa shape index (κ1) is 26.7. The lowest BCUT2D eigenvalue weighted by atomic mass is 9.86. The summed E-state index contributed by atoms with van der Waals surface area (Å²) in [5.74, 6) is 0.425. The summed E-state index contributed by atoms with van der Waals surface area (Å²) in [6, 6.07) is 12.9. The fraction of sp³-hybridized carbons (Fsp3) is 0.409. The second-order valence-corrected chi connectivity index (χ2v) is 7.57. The van der Waals surface area contributed by atoms with Crippen molar-refractivity contribution >= 4 is 42.4 Å². The molecule has 0 bridgehead atoms. The summed E-state index contributed by atoms with van der Waals surface area (Å²) in [7, 11) is 0. The van der Waals surface area contributed by atoms with Crippen molar-refractivity contribution in [3.05, 3.63) is 59.3 Å². The number of hydrogen-bond donors (Lipinski definition) is 4. The monoisotopic (exact) mass is 467 g/mol. The molecule has 3 rings (SSSR count). The third-order valence-corrected chi connectivity index (χ3v) is 5.41.